The quantitative estimate of drug-likeness (QED) is 0.840. The lowest BCUT2D eigenvalue weighted by Gasteiger charge is -2.39. The molecule has 19 heavy (non-hydrogen) atoms. The van der Waals surface area contributed by atoms with Gasteiger partial charge in [0.15, 0.2) is 5.82 Å². The minimum atomic E-state index is -3.12. The molecular weight excluding hydrogens is 266 g/mol. The number of hydrogen-bond donors (Lipinski definition) is 0. The van der Waals surface area contributed by atoms with E-state index in [-0.39, 0.29) is 11.2 Å². The van der Waals surface area contributed by atoms with Gasteiger partial charge in [-0.2, -0.15) is 9.29 Å². The van der Waals surface area contributed by atoms with Gasteiger partial charge in [-0.1, -0.05) is 24.4 Å². The maximum absolute atomic E-state index is 12.4. The van der Waals surface area contributed by atoms with Crippen molar-refractivity contribution in [3.63, 3.8) is 0 Å². The third-order valence-corrected chi connectivity index (χ3v) is 6.41. The number of hydrogen-bond acceptors (Lipinski definition) is 5. The van der Waals surface area contributed by atoms with Gasteiger partial charge in [0.2, 0.25) is 15.9 Å². The van der Waals surface area contributed by atoms with E-state index in [1.807, 2.05) is 0 Å². The number of rotatable bonds is 3. The molecule has 0 radical (unpaired) electrons. The Bertz CT molecular complexity index is 542. The first kappa shape index (κ1) is 13.1. The zero-order valence-corrected chi connectivity index (χ0v) is 11.9. The monoisotopic (exact) mass is 285 g/mol. The predicted octanol–water partition coefficient (Wildman–Crippen LogP) is 1.44. The standard InChI is InChI=1S/C12H19N3O3S/c1-9-13-12(18-14-9)10-7-15(8-10)19(16,17)11-5-3-2-4-6-11/h10-11H,2-8H2,1H3. The SMILES string of the molecule is Cc1noc(C2CN(S(=O)(=O)C3CCCCC3)C2)n1. The van der Waals surface area contributed by atoms with Crippen molar-refractivity contribution < 1.29 is 12.9 Å². The van der Waals surface area contributed by atoms with Gasteiger partial charge in [0.25, 0.3) is 0 Å². The molecular formula is C12H19N3O3S. The maximum atomic E-state index is 12.4. The molecule has 2 aliphatic rings. The van der Waals surface area contributed by atoms with Gasteiger partial charge in [-0.15, -0.1) is 0 Å². The van der Waals surface area contributed by atoms with E-state index in [0.717, 1.165) is 32.1 Å². The first-order chi connectivity index (χ1) is 9.07. The van der Waals surface area contributed by atoms with Gasteiger partial charge in [0.1, 0.15) is 0 Å². The third kappa shape index (κ3) is 2.41. The van der Waals surface area contributed by atoms with Gasteiger partial charge in [-0.25, -0.2) is 8.42 Å². The molecule has 0 spiro atoms. The second-order valence-electron chi connectivity index (χ2n) is 5.50. The van der Waals surface area contributed by atoms with E-state index in [2.05, 4.69) is 10.1 Å². The second kappa shape index (κ2) is 4.86. The molecule has 1 aromatic heterocycles. The van der Waals surface area contributed by atoms with Crippen LogP contribution in [0.5, 0.6) is 0 Å². The molecule has 1 aliphatic heterocycles. The Labute approximate surface area is 113 Å². The van der Waals surface area contributed by atoms with E-state index < -0.39 is 10.0 Å². The number of aryl methyl sites for hydroxylation is 1. The van der Waals surface area contributed by atoms with E-state index >= 15 is 0 Å². The lowest BCUT2D eigenvalue weighted by molar-refractivity contribution is 0.213. The van der Waals surface area contributed by atoms with E-state index in [9.17, 15) is 8.42 Å². The summed E-state index contributed by atoms with van der Waals surface area (Å²) < 4.78 is 31.5. The number of aromatic nitrogens is 2. The molecule has 2 fully saturated rings. The van der Waals surface area contributed by atoms with Crippen LogP contribution in [0.25, 0.3) is 0 Å². The van der Waals surface area contributed by atoms with Crippen molar-refractivity contribution in [3.8, 4) is 0 Å². The summed E-state index contributed by atoms with van der Waals surface area (Å²) in [7, 11) is -3.12. The van der Waals surface area contributed by atoms with Gasteiger partial charge < -0.3 is 4.52 Å². The van der Waals surface area contributed by atoms with Gasteiger partial charge in [0.05, 0.1) is 11.2 Å². The Hall–Kier alpha value is -0.950. The van der Waals surface area contributed by atoms with Gasteiger partial charge >= 0.3 is 0 Å². The van der Waals surface area contributed by atoms with Crippen molar-refractivity contribution in [3.05, 3.63) is 11.7 Å². The molecule has 0 unspecified atom stereocenters. The van der Waals surface area contributed by atoms with E-state index in [1.54, 1.807) is 11.2 Å². The fourth-order valence-electron chi connectivity index (χ4n) is 2.85. The maximum Gasteiger partial charge on any atom is 0.232 e. The summed E-state index contributed by atoms with van der Waals surface area (Å²) in [6, 6.07) is 0. The average molecular weight is 285 g/mol. The van der Waals surface area contributed by atoms with Crippen LogP contribution in [0.4, 0.5) is 0 Å². The summed E-state index contributed by atoms with van der Waals surface area (Å²) in [6.45, 7) is 2.74. The molecule has 1 saturated heterocycles. The van der Waals surface area contributed by atoms with Crippen LogP contribution in [0.3, 0.4) is 0 Å². The molecule has 0 aromatic carbocycles. The lowest BCUT2D eigenvalue weighted by Crippen LogP contribution is -2.52. The summed E-state index contributed by atoms with van der Waals surface area (Å²) in [6.07, 6.45) is 4.84. The first-order valence-electron chi connectivity index (χ1n) is 6.86. The van der Waals surface area contributed by atoms with Gasteiger partial charge in [-0.3, -0.25) is 0 Å². The Balaban J connectivity index is 1.63. The summed E-state index contributed by atoms with van der Waals surface area (Å²) in [5.41, 5.74) is 0. The summed E-state index contributed by atoms with van der Waals surface area (Å²) >= 11 is 0. The van der Waals surface area contributed by atoms with E-state index in [4.69, 9.17) is 4.52 Å². The predicted molar refractivity (Wildman–Crippen MR) is 69.1 cm³/mol. The van der Waals surface area contributed by atoms with Crippen LogP contribution < -0.4 is 0 Å². The normalized spacial score (nSPS) is 23.4. The Morgan fingerprint density at radius 1 is 1.21 bits per heavy atom. The second-order valence-corrected chi connectivity index (χ2v) is 7.71. The minimum Gasteiger partial charge on any atom is -0.339 e. The van der Waals surface area contributed by atoms with Crippen LogP contribution in [-0.2, 0) is 10.0 Å². The highest BCUT2D eigenvalue weighted by Crippen LogP contribution is 2.33. The Morgan fingerprint density at radius 2 is 1.89 bits per heavy atom. The van der Waals surface area contributed by atoms with Crippen LogP contribution in [0.2, 0.25) is 0 Å². The largest absolute Gasteiger partial charge is 0.339 e. The zero-order chi connectivity index (χ0) is 13.5. The highest BCUT2D eigenvalue weighted by atomic mass is 32.2. The highest BCUT2D eigenvalue weighted by molar-refractivity contribution is 7.89. The summed E-state index contributed by atoms with van der Waals surface area (Å²) in [5.74, 6) is 1.23. The van der Waals surface area contributed by atoms with Crippen molar-refractivity contribution >= 4 is 10.0 Å². The topological polar surface area (TPSA) is 76.3 Å². The Kier molecular flexibility index (Phi) is 3.34. The minimum absolute atomic E-state index is 0.0690. The number of sulfonamides is 1. The Morgan fingerprint density at radius 3 is 2.47 bits per heavy atom. The molecule has 0 N–H and O–H groups in total. The van der Waals surface area contributed by atoms with Gasteiger partial charge in [-0.05, 0) is 19.8 Å². The molecule has 7 heteroatoms. The number of nitrogens with zero attached hydrogens (tertiary/aromatic N) is 3. The van der Waals surface area contributed by atoms with Crippen molar-refractivity contribution in [2.45, 2.75) is 50.2 Å². The fourth-order valence-corrected chi connectivity index (χ4v) is 4.98. The van der Waals surface area contributed by atoms with Crippen molar-refractivity contribution in [2.24, 2.45) is 0 Å². The molecule has 1 aliphatic carbocycles. The first-order valence-corrected chi connectivity index (χ1v) is 8.37. The van der Waals surface area contributed by atoms with Crippen molar-refractivity contribution in [2.75, 3.05) is 13.1 Å². The molecule has 0 atom stereocenters. The van der Waals surface area contributed by atoms with Crippen molar-refractivity contribution in [1.29, 1.82) is 0 Å². The highest BCUT2D eigenvalue weighted by Gasteiger charge is 2.43. The van der Waals surface area contributed by atoms with Crippen LogP contribution in [0.15, 0.2) is 4.52 Å². The fraction of sp³-hybridized carbons (Fsp3) is 0.833. The molecule has 1 saturated carbocycles. The molecule has 6 nitrogen and oxygen atoms in total. The average Bonchev–Trinajstić information content (AvgIpc) is 2.74. The molecule has 106 valence electrons. The zero-order valence-electron chi connectivity index (χ0n) is 11.1. The summed E-state index contributed by atoms with van der Waals surface area (Å²) in [5, 5.41) is 3.57. The third-order valence-electron chi connectivity index (χ3n) is 4.07. The van der Waals surface area contributed by atoms with Crippen LogP contribution in [-0.4, -0.2) is 41.2 Å². The molecule has 0 bridgehead atoms. The van der Waals surface area contributed by atoms with Crippen molar-refractivity contribution in [1.82, 2.24) is 14.4 Å². The van der Waals surface area contributed by atoms with E-state index in [0.29, 0.717) is 24.8 Å². The van der Waals surface area contributed by atoms with Gasteiger partial charge in [0, 0.05) is 13.1 Å². The van der Waals surface area contributed by atoms with Crippen LogP contribution in [0, 0.1) is 6.92 Å². The van der Waals surface area contributed by atoms with Crippen LogP contribution in [0.1, 0.15) is 49.7 Å². The van der Waals surface area contributed by atoms with E-state index in [1.165, 1.54) is 0 Å². The lowest BCUT2D eigenvalue weighted by atomic mass is 10.0. The van der Waals surface area contributed by atoms with Crippen LogP contribution >= 0.6 is 0 Å². The molecule has 3 rings (SSSR count). The molecule has 2 heterocycles. The molecule has 1 aromatic rings. The summed E-state index contributed by atoms with van der Waals surface area (Å²) in [4.78, 5) is 4.16. The smallest absolute Gasteiger partial charge is 0.232 e. The molecule has 0 amide bonds.